The Bertz CT molecular complexity index is 1340. The van der Waals surface area contributed by atoms with E-state index in [-0.39, 0.29) is 33.4 Å². The molecule has 0 aliphatic carbocycles. The summed E-state index contributed by atoms with van der Waals surface area (Å²) >= 11 is 6.27. The van der Waals surface area contributed by atoms with Crippen LogP contribution in [0.25, 0.3) is 0 Å². The van der Waals surface area contributed by atoms with Crippen LogP contribution >= 0.6 is 11.6 Å². The normalized spacial score (nSPS) is 14.1. The van der Waals surface area contributed by atoms with Gasteiger partial charge in [0.1, 0.15) is 11.5 Å². The number of hydrogen-bond donors (Lipinski definition) is 3. The second-order valence-electron chi connectivity index (χ2n) is 7.95. The number of aromatic amines is 1. The molecule has 2 atom stereocenters. The molecule has 0 amide bonds. The number of nitrogens with one attached hydrogen (secondary N) is 1. The number of aryl methyl sites for hydroxylation is 1. The molecule has 2 aromatic carbocycles. The maximum atomic E-state index is 14.2. The highest BCUT2D eigenvalue weighted by atomic mass is 35.5. The van der Waals surface area contributed by atoms with Crippen LogP contribution in [0.3, 0.4) is 0 Å². The van der Waals surface area contributed by atoms with Gasteiger partial charge >= 0.3 is 12.1 Å². The van der Waals surface area contributed by atoms with Crippen molar-refractivity contribution in [3.05, 3.63) is 86.5 Å². The number of aliphatic carboxylic acids is 1. The number of ether oxygens (including phenoxy) is 2. The second kappa shape index (κ2) is 10.2. The Balaban J connectivity index is 1.93. The third kappa shape index (κ3) is 5.47. The van der Waals surface area contributed by atoms with Crippen molar-refractivity contribution in [2.75, 3.05) is 6.61 Å². The highest BCUT2D eigenvalue weighted by Crippen LogP contribution is 2.50. The van der Waals surface area contributed by atoms with Gasteiger partial charge in [-0.3, -0.25) is 4.79 Å². The number of H-pyrrole nitrogens is 1. The Kier molecular flexibility index (Phi) is 7.65. The molecule has 0 aliphatic heterocycles. The van der Waals surface area contributed by atoms with E-state index in [4.69, 9.17) is 26.2 Å². The molecule has 2 unspecified atom stereocenters. The Morgan fingerprint density at radius 1 is 1.14 bits per heavy atom. The molecule has 12 heteroatoms. The van der Waals surface area contributed by atoms with Crippen molar-refractivity contribution in [3.8, 4) is 17.2 Å². The minimum Gasteiger partial charge on any atom is -0.479 e. The molecule has 0 aliphatic rings. The zero-order valence-corrected chi connectivity index (χ0v) is 19.6. The van der Waals surface area contributed by atoms with Gasteiger partial charge in [-0.1, -0.05) is 24.6 Å². The molecule has 0 radical (unpaired) electrons. The number of aromatic nitrogens is 1. The van der Waals surface area contributed by atoms with Crippen LogP contribution in [0.1, 0.15) is 29.5 Å². The number of rotatable bonds is 8. The quantitative estimate of drug-likeness (QED) is 0.342. The number of carbonyl (C=O) groups is 1. The molecule has 0 spiro atoms. The molecule has 1 heterocycles. The van der Waals surface area contributed by atoms with E-state index in [1.807, 2.05) is 0 Å². The first-order valence-electron chi connectivity index (χ1n) is 10.3. The first-order chi connectivity index (χ1) is 16.7. The topological polar surface area (TPSA) is 109 Å². The van der Waals surface area contributed by atoms with Gasteiger partial charge in [-0.2, -0.15) is 13.2 Å². The van der Waals surface area contributed by atoms with E-state index in [0.29, 0.717) is 0 Å². The SMILES string of the molecule is Cc1cc(C(O)(C(C)c2ccc(Oc3ccc(F)c(OCC(=O)O)c3)cc2Cl)C(F)(F)F)c[nH]c1=O. The summed E-state index contributed by atoms with van der Waals surface area (Å²) in [5.74, 6) is -4.00. The van der Waals surface area contributed by atoms with Gasteiger partial charge in [-0.25, -0.2) is 9.18 Å². The Labute approximate surface area is 206 Å². The fraction of sp³-hybridized carbons (Fsp3) is 0.250. The van der Waals surface area contributed by atoms with Gasteiger partial charge < -0.3 is 24.7 Å². The highest BCUT2D eigenvalue weighted by molar-refractivity contribution is 6.31. The van der Waals surface area contributed by atoms with Crippen LogP contribution < -0.4 is 15.0 Å². The molecule has 0 saturated carbocycles. The predicted molar refractivity (Wildman–Crippen MR) is 121 cm³/mol. The number of hydrogen-bond acceptors (Lipinski definition) is 5. The lowest BCUT2D eigenvalue weighted by molar-refractivity contribution is -0.274. The maximum Gasteiger partial charge on any atom is 0.422 e. The Hall–Kier alpha value is -3.57. The zero-order valence-electron chi connectivity index (χ0n) is 18.8. The second-order valence-corrected chi connectivity index (χ2v) is 8.35. The highest BCUT2D eigenvalue weighted by Gasteiger charge is 2.59. The summed E-state index contributed by atoms with van der Waals surface area (Å²) in [6, 6.07) is 8.03. The summed E-state index contributed by atoms with van der Waals surface area (Å²) in [5, 5.41) is 19.4. The first-order valence-corrected chi connectivity index (χ1v) is 10.7. The fourth-order valence-corrected chi connectivity index (χ4v) is 3.89. The average Bonchev–Trinajstić information content (AvgIpc) is 2.79. The molecule has 192 valence electrons. The van der Waals surface area contributed by atoms with Crippen molar-refractivity contribution in [1.82, 2.24) is 4.98 Å². The number of aliphatic hydroxyl groups is 1. The van der Waals surface area contributed by atoms with Crippen molar-refractivity contribution < 1.29 is 42.0 Å². The van der Waals surface area contributed by atoms with Gasteiger partial charge in [0.25, 0.3) is 5.56 Å². The van der Waals surface area contributed by atoms with Gasteiger partial charge in [0.05, 0.1) is 0 Å². The number of pyridine rings is 1. The van der Waals surface area contributed by atoms with E-state index in [1.54, 1.807) is 0 Å². The molecule has 3 N–H and O–H groups in total. The standard InChI is InChI=1S/C24H20ClF4NO6/c1-12-7-14(10-30-22(12)33)23(34,24(27,28)29)13(2)17-5-3-15(8-18(17)25)36-16-4-6-19(26)20(9-16)35-11-21(31)32/h3-10,13,34H,11H2,1-2H3,(H,30,33)(H,31,32). The van der Waals surface area contributed by atoms with Crippen molar-refractivity contribution in [2.45, 2.75) is 31.5 Å². The largest absolute Gasteiger partial charge is 0.479 e. The lowest BCUT2D eigenvalue weighted by Crippen LogP contribution is -2.47. The molecule has 0 saturated heterocycles. The first kappa shape index (κ1) is 27.0. The van der Waals surface area contributed by atoms with Crippen LogP contribution in [-0.2, 0) is 10.4 Å². The lowest BCUT2D eigenvalue weighted by atomic mass is 9.78. The predicted octanol–water partition coefficient (Wildman–Crippen LogP) is 5.29. The minimum absolute atomic E-state index is 0.0109. The minimum atomic E-state index is -5.13. The third-order valence-electron chi connectivity index (χ3n) is 5.52. The summed E-state index contributed by atoms with van der Waals surface area (Å²) < 4.78 is 66.7. The van der Waals surface area contributed by atoms with Crippen molar-refractivity contribution in [1.29, 1.82) is 0 Å². The number of benzene rings is 2. The molecule has 0 fully saturated rings. The number of carboxylic acid groups (broad SMARTS) is 1. The van der Waals surface area contributed by atoms with E-state index in [2.05, 4.69) is 4.98 Å². The monoisotopic (exact) mass is 529 g/mol. The van der Waals surface area contributed by atoms with Gasteiger partial charge in [-0.05, 0) is 42.8 Å². The number of alkyl halides is 3. The van der Waals surface area contributed by atoms with Gasteiger partial charge in [0, 0.05) is 34.3 Å². The summed E-state index contributed by atoms with van der Waals surface area (Å²) in [4.78, 5) is 24.5. The molecule has 0 bridgehead atoms. The van der Waals surface area contributed by atoms with Gasteiger partial charge in [-0.15, -0.1) is 0 Å². The smallest absolute Gasteiger partial charge is 0.422 e. The Morgan fingerprint density at radius 3 is 2.36 bits per heavy atom. The van der Waals surface area contributed by atoms with Gasteiger partial charge in [0.2, 0.25) is 0 Å². The van der Waals surface area contributed by atoms with Crippen molar-refractivity contribution in [2.24, 2.45) is 0 Å². The fourth-order valence-electron chi connectivity index (χ4n) is 3.56. The molecule has 1 aromatic heterocycles. The molecule has 3 rings (SSSR count). The molecule has 3 aromatic rings. The molecular formula is C24H20ClF4NO6. The number of carboxylic acids is 1. The lowest BCUT2D eigenvalue weighted by Gasteiger charge is -2.37. The molecule has 36 heavy (non-hydrogen) atoms. The average molecular weight is 530 g/mol. The summed E-state index contributed by atoms with van der Waals surface area (Å²) in [6.45, 7) is 1.67. The summed E-state index contributed by atoms with van der Waals surface area (Å²) in [5.41, 5.74) is -4.61. The van der Waals surface area contributed by atoms with E-state index in [0.717, 1.165) is 31.3 Å². The van der Waals surface area contributed by atoms with Crippen LogP contribution in [0.5, 0.6) is 17.2 Å². The maximum absolute atomic E-state index is 14.2. The molecule has 7 nitrogen and oxygen atoms in total. The van der Waals surface area contributed by atoms with Crippen LogP contribution in [0, 0.1) is 12.7 Å². The summed E-state index contributed by atoms with van der Waals surface area (Å²) in [7, 11) is 0. The Morgan fingerprint density at radius 2 is 1.78 bits per heavy atom. The van der Waals surface area contributed by atoms with Crippen LogP contribution in [0.4, 0.5) is 17.6 Å². The van der Waals surface area contributed by atoms with E-state index < -0.39 is 47.2 Å². The van der Waals surface area contributed by atoms with Gasteiger partial charge in [0.15, 0.2) is 23.8 Å². The van der Waals surface area contributed by atoms with Crippen molar-refractivity contribution in [3.63, 3.8) is 0 Å². The third-order valence-corrected chi connectivity index (χ3v) is 5.84. The summed E-state index contributed by atoms with van der Waals surface area (Å²) in [6.07, 6.45) is -4.32. The van der Waals surface area contributed by atoms with E-state index in [1.165, 1.54) is 31.2 Å². The van der Waals surface area contributed by atoms with Crippen LogP contribution in [0.15, 0.2) is 53.5 Å². The molecular weight excluding hydrogens is 510 g/mol. The van der Waals surface area contributed by atoms with Crippen molar-refractivity contribution >= 4 is 17.6 Å². The van der Waals surface area contributed by atoms with E-state index >= 15 is 0 Å². The zero-order chi connectivity index (χ0) is 26.8. The van der Waals surface area contributed by atoms with Crippen LogP contribution in [0.2, 0.25) is 5.02 Å². The van der Waals surface area contributed by atoms with E-state index in [9.17, 15) is 32.3 Å². The number of halogens is 5. The van der Waals surface area contributed by atoms with Crippen LogP contribution in [-0.4, -0.2) is 33.9 Å².